The zero-order valence-corrected chi connectivity index (χ0v) is 17.3. The number of hydrogen-bond donors (Lipinski definition) is 1. The minimum atomic E-state index is -0.640. The van der Waals surface area contributed by atoms with Gasteiger partial charge in [-0.25, -0.2) is 4.98 Å². The van der Waals surface area contributed by atoms with Gasteiger partial charge >= 0.3 is 0 Å². The number of allylic oxidation sites excluding steroid dienone is 2. The fourth-order valence-corrected chi connectivity index (χ4v) is 4.98. The lowest BCUT2D eigenvalue weighted by Crippen LogP contribution is -2.42. The van der Waals surface area contributed by atoms with Crippen molar-refractivity contribution in [2.45, 2.75) is 39.0 Å². The van der Waals surface area contributed by atoms with Crippen molar-refractivity contribution in [1.82, 2.24) is 4.98 Å². The Morgan fingerprint density at radius 1 is 1.15 bits per heavy atom. The lowest BCUT2D eigenvalue weighted by molar-refractivity contribution is -0.118. The van der Waals surface area contributed by atoms with Crippen molar-refractivity contribution in [3.63, 3.8) is 0 Å². The molecule has 4 rings (SSSR count). The van der Waals surface area contributed by atoms with E-state index in [4.69, 9.17) is 11.6 Å². The lowest BCUT2D eigenvalue weighted by Gasteiger charge is -2.45. The summed E-state index contributed by atoms with van der Waals surface area (Å²) in [5.41, 5.74) is 2.97. The number of fused-ring (bicyclic) bond motifs is 1. The maximum absolute atomic E-state index is 13.3. The van der Waals surface area contributed by atoms with Crippen LogP contribution in [0.4, 0.5) is 5.82 Å². The molecule has 3 nitrogen and oxygen atoms in total. The van der Waals surface area contributed by atoms with Crippen LogP contribution in [-0.2, 0) is 10.2 Å². The van der Waals surface area contributed by atoms with Crippen LogP contribution in [0.2, 0.25) is 5.02 Å². The summed E-state index contributed by atoms with van der Waals surface area (Å²) in [6.07, 6.45) is 3.05. The highest BCUT2D eigenvalue weighted by Crippen LogP contribution is 2.54. The second kappa shape index (κ2) is 5.93. The average molecular weight is 432 g/mol. The molecule has 134 valence electrons. The Balaban J connectivity index is 2.07. The molecule has 2 aliphatic rings. The Bertz CT molecular complexity index is 952. The van der Waals surface area contributed by atoms with Crippen LogP contribution < -0.4 is 5.32 Å². The van der Waals surface area contributed by atoms with Gasteiger partial charge in [-0.3, -0.25) is 4.79 Å². The molecule has 1 aromatic carbocycles. The number of halogens is 2. The summed E-state index contributed by atoms with van der Waals surface area (Å²) in [5, 5.41) is 4.02. The number of nitrogens with zero attached hydrogens (tertiary/aromatic N) is 1. The van der Waals surface area contributed by atoms with E-state index in [0.29, 0.717) is 11.4 Å². The second-order valence-corrected chi connectivity index (χ2v) is 9.29. The SMILES string of the molecule is CC1(C)CC(=O)C2=C(C1)Nc1ncc(Br)c(Cl)c1C2(C)c1ccccc1. The Hall–Kier alpha value is -1.65. The van der Waals surface area contributed by atoms with E-state index in [2.05, 4.69) is 59.1 Å². The Morgan fingerprint density at radius 2 is 1.85 bits per heavy atom. The van der Waals surface area contributed by atoms with Crippen LogP contribution >= 0.6 is 27.5 Å². The van der Waals surface area contributed by atoms with Gasteiger partial charge in [-0.2, -0.15) is 0 Å². The van der Waals surface area contributed by atoms with E-state index in [0.717, 1.165) is 39.1 Å². The molecule has 0 amide bonds. The van der Waals surface area contributed by atoms with E-state index in [1.54, 1.807) is 6.20 Å². The first-order chi connectivity index (χ1) is 12.2. The van der Waals surface area contributed by atoms with Crippen LogP contribution in [0.1, 0.15) is 44.7 Å². The molecule has 0 saturated heterocycles. The van der Waals surface area contributed by atoms with Crippen molar-refractivity contribution < 1.29 is 4.79 Å². The number of ketones is 1. The molecule has 0 fully saturated rings. The Morgan fingerprint density at radius 3 is 2.54 bits per heavy atom. The molecule has 2 aromatic rings. The standard InChI is InChI=1S/C21H20BrClN2O/c1-20(2)9-14-16(15(26)10-20)21(3,12-7-5-4-6-8-12)17-18(23)13(22)11-24-19(17)25-14/h4-8,11H,9-10H2,1-3H3,(H,24,25). The second-order valence-electron chi connectivity index (χ2n) is 8.05. The zero-order chi connectivity index (χ0) is 18.7. The van der Waals surface area contributed by atoms with E-state index in [-0.39, 0.29) is 11.2 Å². The monoisotopic (exact) mass is 430 g/mol. The van der Waals surface area contributed by atoms with Gasteiger partial charge < -0.3 is 5.32 Å². The number of nitrogens with one attached hydrogen (secondary N) is 1. The minimum Gasteiger partial charge on any atom is -0.343 e. The van der Waals surface area contributed by atoms with Gasteiger partial charge in [0.05, 0.1) is 14.9 Å². The van der Waals surface area contributed by atoms with E-state index >= 15 is 0 Å². The predicted molar refractivity (Wildman–Crippen MR) is 109 cm³/mol. The highest BCUT2D eigenvalue weighted by Gasteiger charge is 2.49. The third-order valence-electron chi connectivity index (χ3n) is 5.47. The Kier molecular flexibility index (Phi) is 4.05. The van der Waals surface area contributed by atoms with Gasteiger partial charge in [0, 0.05) is 29.5 Å². The first-order valence-electron chi connectivity index (χ1n) is 8.68. The molecule has 1 N–H and O–H groups in total. The van der Waals surface area contributed by atoms with Gasteiger partial charge in [0.2, 0.25) is 0 Å². The first kappa shape index (κ1) is 17.7. The summed E-state index contributed by atoms with van der Waals surface area (Å²) >= 11 is 10.2. The molecule has 1 unspecified atom stereocenters. The number of aromatic nitrogens is 1. The van der Waals surface area contributed by atoms with Crippen molar-refractivity contribution in [1.29, 1.82) is 0 Å². The van der Waals surface area contributed by atoms with Crippen molar-refractivity contribution in [3.05, 3.63) is 68.4 Å². The molecule has 26 heavy (non-hydrogen) atoms. The lowest BCUT2D eigenvalue weighted by atomic mass is 9.62. The molecular weight excluding hydrogens is 412 g/mol. The average Bonchev–Trinajstić information content (AvgIpc) is 2.57. The fraction of sp³-hybridized carbons (Fsp3) is 0.333. The highest BCUT2D eigenvalue weighted by molar-refractivity contribution is 9.10. The molecule has 5 heteroatoms. The molecular formula is C21H20BrClN2O. The van der Waals surface area contributed by atoms with Gasteiger partial charge in [-0.1, -0.05) is 55.8 Å². The molecule has 0 spiro atoms. The summed E-state index contributed by atoms with van der Waals surface area (Å²) in [5.74, 6) is 0.908. The number of carbonyl (C=O) groups excluding carboxylic acids is 1. The van der Waals surface area contributed by atoms with Crippen molar-refractivity contribution in [2.24, 2.45) is 5.41 Å². The number of carbonyl (C=O) groups is 1. The minimum absolute atomic E-state index is 0.0722. The number of pyridine rings is 1. The van der Waals surface area contributed by atoms with E-state index in [9.17, 15) is 4.79 Å². The molecule has 1 aliphatic carbocycles. The number of hydrogen-bond acceptors (Lipinski definition) is 3. The molecule has 1 aliphatic heterocycles. The van der Waals surface area contributed by atoms with Crippen LogP contribution in [0.25, 0.3) is 0 Å². The van der Waals surface area contributed by atoms with E-state index < -0.39 is 5.41 Å². The first-order valence-corrected chi connectivity index (χ1v) is 9.85. The largest absolute Gasteiger partial charge is 0.343 e. The van der Waals surface area contributed by atoms with Gasteiger partial charge in [0.25, 0.3) is 0 Å². The zero-order valence-electron chi connectivity index (χ0n) is 15.0. The number of Topliss-reactive ketones (excluding diaryl/α,β-unsaturated/α-hetero) is 1. The number of rotatable bonds is 1. The summed E-state index contributed by atoms with van der Waals surface area (Å²) < 4.78 is 0.731. The maximum Gasteiger partial charge on any atom is 0.162 e. The molecule has 1 atom stereocenters. The number of anilines is 1. The molecule has 2 heterocycles. The van der Waals surface area contributed by atoms with Crippen LogP contribution in [-0.4, -0.2) is 10.8 Å². The topological polar surface area (TPSA) is 42.0 Å². The van der Waals surface area contributed by atoms with Gasteiger partial charge in [-0.15, -0.1) is 0 Å². The van der Waals surface area contributed by atoms with Gasteiger partial charge in [0.1, 0.15) is 5.82 Å². The predicted octanol–water partition coefficient (Wildman–Crippen LogP) is 5.87. The number of benzene rings is 1. The normalized spacial score (nSPS) is 24.0. The van der Waals surface area contributed by atoms with E-state index in [1.165, 1.54) is 0 Å². The summed E-state index contributed by atoms with van der Waals surface area (Å²) in [6, 6.07) is 10.1. The summed E-state index contributed by atoms with van der Waals surface area (Å²) in [4.78, 5) is 17.8. The van der Waals surface area contributed by atoms with Crippen LogP contribution in [0, 0.1) is 5.41 Å². The van der Waals surface area contributed by atoms with Gasteiger partial charge in [-0.05, 0) is 40.3 Å². The summed E-state index contributed by atoms with van der Waals surface area (Å²) in [7, 11) is 0. The summed E-state index contributed by atoms with van der Waals surface area (Å²) in [6.45, 7) is 6.36. The van der Waals surface area contributed by atoms with Crippen LogP contribution in [0.3, 0.4) is 0 Å². The molecule has 0 saturated carbocycles. The van der Waals surface area contributed by atoms with Crippen molar-refractivity contribution in [3.8, 4) is 0 Å². The maximum atomic E-state index is 13.3. The van der Waals surface area contributed by atoms with Crippen molar-refractivity contribution in [2.75, 3.05) is 5.32 Å². The van der Waals surface area contributed by atoms with Crippen LogP contribution in [0.15, 0.2) is 52.3 Å². The highest BCUT2D eigenvalue weighted by atomic mass is 79.9. The molecule has 1 aromatic heterocycles. The Labute approximate surface area is 167 Å². The third kappa shape index (κ3) is 2.54. The third-order valence-corrected chi connectivity index (χ3v) is 6.69. The van der Waals surface area contributed by atoms with Crippen LogP contribution in [0.5, 0.6) is 0 Å². The smallest absolute Gasteiger partial charge is 0.162 e. The molecule has 0 bridgehead atoms. The van der Waals surface area contributed by atoms with Gasteiger partial charge in [0.15, 0.2) is 5.78 Å². The van der Waals surface area contributed by atoms with Crippen molar-refractivity contribution >= 4 is 39.1 Å². The van der Waals surface area contributed by atoms with E-state index in [1.807, 2.05) is 18.2 Å². The quantitative estimate of drug-likeness (QED) is 0.614. The molecule has 0 radical (unpaired) electrons. The fourth-order valence-electron chi connectivity index (χ4n) is 4.35.